The Morgan fingerprint density at radius 1 is 1.36 bits per heavy atom. The lowest BCUT2D eigenvalue weighted by atomic mass is 9.95. The average Bonchev–Trinajstić information content (AvgIpc) is 2.92. The molecule has 0 spiro atoms. The fourth-order valence-electron chi connectivity index (χ4n) is 2.57. The van der Waals surface area contributed by atoms with Crippen LogP contribution in [0.15, 0.2) is 18.5 Å². The van der Waals surface area contributed by atoms with Gasteiger partial charge in [-0.1, -0.05) is 6.92 Å². The molecule has 0 unspecified atom stereocenters. The first-order valence-electron chi connectivity index (χ1n) is 6.83. The van der Waals surface area contributed by atoms with Crippen LogP contribution in [-0.4, -0.2) is 41.0 Å². The fourth-order valence-corrected chi connectivity index (χ4v) is 2.57. The van der Waals surface area contributed by atoms with E-state index in [9.17, 15) is 22.8 Å². The molecule has 1 aliphatic rings. The number of pyridine rings is 1. The summed E-state index contributed by atoms with van der Waals surface area (Å²) in [6, 6.07) is 1.59. The van der Waals surface area contributed by atoms with Crippen molar-refractivity contribution < 1.29 is 22.8 Å². The number of aromatic nitrogens is 1. The van der Waals surface area contributed by atoms with Crippen LogP contribution in [0.3, 0.4) is 0 Å². The number of alkyl halides is 3. The molecule has 0 bridgehead atoms. The zero-order chi connectivity index (χ0) is 16.5. The minimum atomic E-state index is -4.57. The maximum absolute atomic E-state index is 13.0. The number of carbonyl (C=O) groups is 2. The number of carbonyl (C=O) groups excluding carboxylic acids is 2. The molecule has 0 aromatic carbocycles. The molecule has 2 amide bonds. The van der Waals surface area contributed by atoms with Gasteiger partial charge in [0.05, 0.1) is 17.4 Å². The van der Waals surface area contributed by atoms with Crippen LogP contribution >= 0.6 is 0 Å². The van der Waals surface area contributed by atoms with Crippen LogP contribution in [0.5, 0.6) is 0 Å². The molecule has 120 valence electrons. The average molecular weight is 315 g/mol. The molecule has 0 saturated carbocycles. The molecule has 2 N–H and O–H groups in total. The van der Waals surface area contributed by atoms with Crippen LogP contribution in [0.25, 0.3) is 0 Å². The monoisotopic (exact) mass is 315 g/mol. The van der Waals surface area contributed by atoms with Gasteiger partial charge in [-0.25, -0.2) is 0 Å². The first-order chi connectivity index (χ1) is 10.2. The molecule has 2 atom stereocenters. The van der Waals surface area contributed by atoms with E-state index in [-0.39, 0.29) is 12.1 Å². The number of likely N-dealkylation sites (tertiary alicyclic amines) is 1. The van der Waals surface area contributed by atoms with Crippen molar-refractivity contribution in [2.24, 2.45) is 17.6 Å². The molecule has 1 aromatic heterocycles. The van der Waals surface area contributed by atoms with Crippen molar-refractivity contribution in [2.75, 3.05) is 13.1 Å². The van der Waals surface area contributed by atoms with Crippen LogP contribution < -0.4 is 5.73 Å². The third-order valence-corrected chi connectivity index (χ3v) is 3.84. The highest BCUT2D eigenvalue weighted by atomic mass is 19.4. The van der Waals surface area contributed by atoms with Gasteiger partial charge < -0.3 is 10.6 Å². The second-order valence-electron chi connectivity index (χ2n) is 5.30. The number of halogens is 3. The van der Waals surface area contributed by atoms with Gasteiger partial charge in [0.25, 0.3) is 5.91 Å². The second kappa shape index (κ2) is 5.94. The summed E-state index contributed by atoms with van der Waals surface area (Å²) in [5.74, 6) is -4.94. The standard InChI is InChI=1S/C14H16F3N3O2/c1-2-8-3-9(5-19-4-8)13(22)20-6-10(12(18)21)11(7-20)14(15,16)17/h3-5,10-11H,2,6-7H2,1H3,(H2,18,21)/t10-,11-/m1/s1. The Balaban J connectivity index is 2.22. The van der Waals surface area contributed by atoms with Gasteiger partial charge in [-0.05, 0) is 18.1 Å². The molecule has 1 aromatic rings. The third-order valence-electron chi connectivity index (χ3n) is 3.84. The Morgan fingerprint density at radius 2 is 2.05 bits per heavy atom. The predicted octanol–water partition coefficient (Wildman–Crippen LogP) is 1.38. The van der Waals surface area contributed by atoms with Gasteiger partial charge in [0.2, 0.25) is 5.91 Å². The normalized spacial score (nSPS) is 21.9. The SMILES string of the molecule is CCc1cncc(C(=O)N2C[C@@H](C(F)(F)F)[C@H](C(N)=O)C2)c1. The van der Waals surface area contributed by atoms with Crippen molar-refractivity contribution in [3.8, 4) is 0 Å². The Labute approximate surface area is 125 Å². The minimum Gasteiger partial charge on any atom is -0.369 e. The van der Waals surface area contributed by atoms with Gasteiger partial charge in [-0.15, -0.1) is 0 Å². The Morgan fingerprint density at radius 3 is 2.55 bits per heavy atom. The lowest BCUT2D eigenvalue weighted by Gasteiger charge is -2.18. The summed E-state index contributed by atoms with van der Waals surface area (Å²) in [6.45, 7) is 0.991. The number of aryl methyl sites for hydroxylation is 1. The van der Waals surface area contributed by atoms with Crippen molar-refractivity contribution in [3.05, 3.63) is 29.6 Å². The van der Waals surface area contributed by atoms with E-state index in [0.717, 1.165) is 10.5 Å². The van der Waals surface area contributed by atoms with Crippen molar-refractivity contribution >= 4 is 11.8 Å². The summed E-state index contributed by atoms with van der Waals surface area (Å²) in [5, 5.41) is 0. The van der Waals surface area contributed by atoms with E-state index in [1.165, 1.54) is 6.20 Å². The maximum atomic E-state index is 13.0. The number of hydrogen-bond acceptors (Lipinski definition) is 3. The van der Waals surface area contributed by atoms with E-state index >= 15 is 0 Å². The highest BCUT2D eigenvalue weighted by Gasteiger charge is 2.52. The first kappa shape index (κ1) is 16.3. The van der Waals surface area contributed by atoms with E-state index in [1.807, 2.05) is 6.92 Å². The Hall–Kier alpha value is -2.12. The summed E-state index contributed by atoms with van der Waals surface area (Å²) in [4.78, 5) is 28.5. The molecule has 5 nitrogen and oxygen atoms in total. The van der Waals surface area contributed by atoms with E-state index in [0.29, 0.717) is 6.42 Å². The molecule has 0 radical (unpaired) electrons. The van der Waals surface area contributed by atoms with Crippen molar-refractivity contribution in [2.45, 2.75) is 19.5 Å². The summed E-state index contributed by atoms with van der Waals surface area (Å²) in [6.07, 6.45) is -1.02. The fraction of sp³-hybridized carbons (Fsp3) is 0.500. The molecule has 1 fully saturated rings. The van der Waals surface area contributed by atoms with Gasteiger partial charge in [-0.2, -0.15) is 13.2 Å². The maximum Gasteiger partial charge on any atom is 0.394 e. The molecule has 2 heterocycles. The van der Waals surface area contributed by atoms with E-state index in [4.69, 9.17) is 5.73 Å². The number of primary amides is 1. The molecular formula is C14H16F3N3O2. The van der Waals surface area contributed by atoms with Crippen molar-refractivity contribution in [3.63, 3.8) is 0 Å². The van der Waals surface area contributed by atoms with Gasteiger partial charge >= 0.3 is 6.18 Å². The van der Waals surface area contributed by atoms with Gasteiger partial charge in [0.1, 0.15) is 0 Å². The highest BCUT2D eigenvalue weighted by Crippen LogP contribution is 2.37. The van der Waals surface area contributed by atoms with Gasteiger partial charge in [0.15, 0.2) is 0 Å². The number of hydrogen-bond donors (Lipinski definition) is 1. The summed E-state index contributed by atoms with van der Waals surface area (Å²) < 4.78 is 38.9. The van der Waals surface area contributed by atoms with Crippen LogP contribution in [0, 0.1) is 11.8 Å². The molecule has 1 saturated heterocycles. The lowest BCUT2D eigenvalue weighted by Crippen LogP contribution is -2.37. The number of rotatable bonds is 3. The topological polar surface area (TPSA) is 76.3 Å². The molecule has 1 aliphatic heterocycles. The highest BCUT2D eigenvalue weighted by molar-refractivity contribution is 5.95. The molecule has 0 aliphatic carbocycles. The van der Waals surface area contributed by atoms with Crippen molar-refractivity contribution in [1.29, 1.82) is 0 Å². The Bertz CT molecular complexity index is 589. The molecule has 22 heavy (non-hydrogen) atoms. The van der Waals surface area contributed by atoms with Crippen LogP contribution in [0.1, 0.15) is 22.8 Å². The smallest absolute Gasteiger partial charge is 0.369 e. The summed E-state index contributed by atoms with van der Waals surface area (Å²) in [7, 11) is 0. The second-order valence-corrected chi connectivity index (χ2v) is 5.30. The van der Waals surface area contributed by atoms with Crippen LogP contribution in [-0.2, 0) is 11.2 Å². The zero-order valence-electron chi connectivity index (χ0n) is 11.9. The molecule has 8 heteroatoms. The number of amides is 2. The van der Waals surface area contributed by atoms with E-state index < -0.39 is 36.4 Å². The first-order valence-corrected chi connectivity index (χ1v) is 6.83. The minimum absolute atomic E-state index is 0.213. The summed E-state index contributed by atoms with van der Waals surface area (Å²) >= 11 is 0. The third kappa shape index (κ3) is 3.20. The van der Waals surface area contributed by atoms with Gasteiger partial charge in [-0.3, -0.25) is 14.6 Å². The van der Waals surface area contributed by atoms with Crippen molar-refractivity contribution in [1.82, 2.24) is 9.88 Å². The number of nitrogens with zero attached hydrogens (tertiary/aromatic N) is 2. The quantitative estimate of drug-likeness (QED) is 0.915. The number of nitrogens with two attached hydrogens (primary N) is 1. The zero-order valence-corrected chi connectivity index (χ0v) is 11.9. The van der Waals surface area contributed by atoms with E-state index in [1.54, 1.807) is 12.3 Å². The van der Waals surface area contributed by atoms with Crippen LogP contribution in [0.4, 0.5) is 13.2 Å². The van der Waals surface area contributed by atoms with Gasteiger partial charge in [0, 0.05) is 25.5 Å². The van der Waals surface area contributed by atoms with E-state index in [2.05, 4.69) is 4.98 Å². The predicted molar refractivity (Wildman–Crippen MR) is 71.7 cm³/mol. The molecular weight excluding hydrogens is 299 g/mol. The molecule has 2 rings (SSSR count). The Kier molecular flexibility index (Phi) is 4.39. The summed E-state index contributed by atoms with van der Waals surface area (Å²) in [5.41, 5.74) is 6.06. The largest absolute Gasteiger partial charge is 0.394 e. The lowest BCUT2D eigenvalue weighted by molar-refractivity contribution is -0.182. The van der Waals surface area contributed by atoms with Crippen LogP contribution in [0.2, 0.25) is 0 Å².